The molecule has 0 amide bonds. The van der Waals surface area contributed by atoms with Crippen LogP contribution in [0.2, 0.25) is 0 Å². The zero-order valence-electron chi connectivity index (χ0n) is 34.3. The van der Waals surface area contributed by atoms with E-state index in [2.05, 4.69) is 56.1 Å². The number of unbranched alkanes of at least 4 members (excludes halogenated alkanes) is 20. The van der Waals surface area contributed by atoms with Crippen LogP contribution in [0.25, 0.3) is 0 Å². The molecule has 0 bridgehead atoms. The van der Waals surface area contributed by atoms with Crippen LogP contribution in [-0.2, 0) is 9.47 Å². The van der Waals surface area contributed by atoms with E-state index < -0.39 is 0 Å². The molecule has 0 aliphatic carbocycles. The van der Waals surface area contributed by atoms with Gasteiger partial charge in [-0.2, -0.15) is 0 Å². The SMILES string of the molecule is CCCCCCCCCCCCCCOCC(CCCCCCCCOCCCCCCC)(CCC[N+](C)(C)C)CCC[N+](C)(C)C. The van der Waals surface area contributed by atoms with E-state index in [0.717, 1.165) is 35.4 Å². The number of hydrogen-bond acceptors (Lipinski definition) is 2. The third kappa shape index (κ3) is 35.5. The molecule has 0 unspecified atom stereocenters. The smallest absolute Gasteiger partial charge is 0.0780 e. The average molecular weight is 669 g/mol. The molecule has 4 heteroatoms. The van der Waals surface area contributed by atoms with Crippen LogP contribution in [0.3, 0.4) is 0 Å². The van der Waals surface area contributed by atoms with E-state index in [1.54, 1.807) is 0 Å². The highest BCUT2D eigenvalue weighted by Gasteiger charge is 2.31. The predicted octanol–water partition coefficient (Wildman–Crippen LogP) is 12.4. The lowest BCUT2D eigenvalue weighted by atomic mass is 9.75. The zero-order chi connectivity index (χ0) is 35.0. The van der Waals surface area contributed by atoms with Gasteiger partial charge in [-0.05, 0) is 56.8 Å². The van der Waals surface area contributed by atoms with Crippen LogP contribution in [0.5, 0.6) is 0 Å². The first-order valence-electron chi connectivity index (χ1n) is 21.3. The van der Waals surface area contributed by atoms with Crippen molar-refractivity contribution >= 4 is 0 Å². The third-order valence-electron chi connectivity index (χ3n) is 10.3. The van der Waals surface area contributed by atoms with Crippen molar-refractivity contribution in [1.82, 2.24) is 0 Å². The van der Waals surface area contributed by atoms with Gasteiger partial charge in [-0.3, -0.25) is 0 Å². The van der Waals surface area contributed by atoms with E-state index in [4.69, 9.17) is 9.47 Å². The lowest BCUT2D eigenvalue weighted by molar-refractivity contribution is -0.871. The normalized spacial score (nSPS) is 12.8. The van der Waals surface area contributed by atoms with Gasteiger partial charge < -0.3 is 18.4 Å². The number of nitrogens with zero attached hydrogens (tertiary/aromatic N) is 2. The molecule has 0 atom stereocenters. The molecule has 0 aromatic rings. The summed E-state index contributed by atoms with van der Waals surface area (Å²) in [7, 11) is 14.1. The highest BCUT2D eigenvalue weighted by molar-refractivity contribution is 4.80. The summed E-state index contributed by atoms with van der Waals surface area (Å²) in [5.74, 6) is 0. The van der Waals surface area contributed by atoms with Crippen LogP contribution in [-0.4, -0.2) is 90.8 Å². The molecule has 0 saturated heterocycles. The minimum absolute atomic E-state index is 0.354. The van der Waals surface area contributed by atoms with Gasteiger partial charge in [0.15, 0.2) is 0 Å². The van der Waals surface area contributed by atoms with E-state index in [1.165, 1.54) is 193 Å². The number of hydrogen-bond donors (Lipinski definition) is 0. The van der Waals surface area contributed by atoms with Crippen LogP contribution < -0.4 is 0 Å². The van der Waals surface area contributed by atoms with Gasteiger partial charge in [0.05, 0.1) is 62.0 Å². The summed E-state index contributed by atoms with van der Waals surface area (Å²) in [6.45, 7) is 11.0. The largest absolute Gasteiger partial charge is 0.381 e. The predicted molar refractivity (Wildman–Crippen MR) is 210 cm³/mol. The molecule has 47 heavy (non-hydrogen) atoms. The molecule has 0 aliphatic heterocycles. The monoisotopic (exact) mass is 669 g/mol. The van der Waals surface area contributed by atoms with E-state index >= 15 is 0 Å². The van der Waals surface area contributed by atoms with Crippen molar-refractivity contribution in [2.75, 3.05) is 81.8 Å². The van der Waals surface area contributed by atoms with Crippen molar-refractivity contribution < 1.29 is 18.4 Å². The topological polar surface area (TPSA) is 18.5 Å². The first kappa shape index (κ1) is 46.8. The van der Waals surface area contributed by atoms with E-state index in [0.29, 0.717) is 5.41 Å². The lowest BCUT2D eigenvalue weighted by Gasteiger charge is -2.36. The maximum atomic E-state index is 6.60. The van der Waals surface area contributed by atoms with Crippen molar-refractivity contribution in [2.24, 2.45) is 5.41 Å². The quantitative estimate of drug-likeness (QED) is 0.0481. The van der Waals surface area contributed by atoms with Crippen molar-refractivity contribution in [3.8, 4) is 0 Å². The fourth-order valence-electron chi connectivity index (χ4n) is 7.10. The Morgan fingerprint density at radius 2 is 0.638 bits per heavy atom. The van der Waals surface area contributed by atoms with Gasteiger partial charge in [-0.25, -0.2) is 0 Å². The lowest BCUT2D eigenvalue weighted by Crippen LogP contribution is -2.38. The molecule has 0 radical (unpaired) electrons. The molecule has 4 nitrogen and oxygen atoms in total. The average Bonchev–Trinajstić information content (AvgIpc) is 3.00. The molecule has 0 spiro atoms. The Morgan fingerprint density at radius 3 is 1.00 bits per heavy atom. The molecule has 0 saturated carbocycles. The van der Waals surface area contributed by atoms with Gasteiger partial charge in [0.2, 0.25) is 0 Å². The van der Waals surface area contributed by atoms with E-state index in [1.807, 2.05) is 0 Å². The molecule has 0 fully saturated rings. The first-order valence-corrected chi connectivity index (χ1v) is 21.3. The van der Waals surface area contributed by atoms with Crippen molar-refractivity contribution in [3.05, 3.63) is 0 Å². The standard InChI is InChI=1S/C43H92N2O2/c1-9-11-13-15-16-17-18-19-20-22-27-31-41-47-42-43(35-32-37-44(3,4)5,36-33-38-45(6,7)8)34-28-24-21-23-26-30-40-46-39-29-25-14-12-10-2/h9-42H2,1-8H3/q+2. The Bertz CT molecular complexity index is 570. The Kier molecular flexibility index (Phi) is 31.7. The van der Waals surface area contributed by atoms with E-state index in [9.17, 15) is 0 Å². The summed E-state index contributed by atoms with van der Waals surface area (Å²) < 4.78 is 14.6. The molecule has 0 aromatic carbocycles. The fourth-order valence-corrected chi connectivity index (χ4v) is 7.10. The van der Waals surface area contributed by atoms with Gasteiger partial charge in [0.25, 0.3) is 0 Å². The van der Waals surface area contributed by atoms with Crippen molar-refractivity contribution in [1.29, 1.82) is 0 Å². The minimum atomic E-state index is 0.354. The molecule has 0 aliphatic rings. The minimum Gasteiger partial charge on any atom is -0.381 e. The molecule has 284 valence electrons. The summed E-state index contributed by atoms with van der Waals surface area (Å²) in [5, 5.41) is 0. The second-order valence-corrected chi connectivity index (χ2v) is 17.6. The molecule has 0 N–H and O–H groups in total. The summed E-state index contributed by atoms with van der Waals surface area (Å²) in [6, 6.07) is 0. The molecule has 0 aromatic heterocycles. The highest BCUT2D eigenvalue weighted by Crippen LogP contribution is 2.37. The molecular formula is C43H92N2O2+2. The van der Waals surface area contributed by atoms with Crippen molar-refractivity contribution in [3.63, 3.8) is 0 Å². The van der Waals surface area contributed by atoms with Crippen LogP contribution in [0, 0.1) is 5.41 Å². The Balaban J connectivity index is 4.56. The van der Waals surface area contributed by atoms with Crippen LogP contribution in [0.1, 0.15) is 194 Å². The molecular weight excluding hydrogens is 576 g/mol. The maximum absolute atomic E-state index is 6.60. The number of quaternary nitrogens is 2. The second kappa shape index (κ2) is 31.8. The van der Waals surface area contributed by atoms with Gasteiger partial charge in [0.1, 0.15) is 0 Å². The highest BCUT2D eigenvalue weighted by atomic mass is 16.5. The van der Waals surface area contributed by atoms with Gasteiger partial charge in [-0.1, -0.05) is 142 Å². The number of ether oxygens (including phenoxy) is 2. The summed E-state index contributed by atoms with van der Waals surface area (Å²) in [6.07, 6.45) is 38.2. The summed E-state index contributed by atoms with van der Waals surface area (Å²) in [4.78, 5) is 0. The van der Waals surface area contributed by atoms with E-state index in [-0.39, 0.29) is 0 Å². The Morgan fingerprint density at radius 1 is 0.340 bits per heavy atom. The second-order valence-electron chi connectivity index (χ2n) is 17.6. The van der Waals surface area contributed by atoms with Crippen LogP contribution >= 0.6 is 0 Å². The molecule has 0 heterocycles. The summed E-state index contributed by atoms with van der Waals surface area (Å²) in [5.41, 5.74) is 0.354. The Labute approximate surface area is 298 Å². The maximum Gasteiger partial charge on any atom is 0.0780 e. The van der Waals surface area contributed by atoms with Crippen LogP contribution in [0.4, 0.5) is 0 Å². The molecule has 0 rings (SSSR count). The fraction of sp³-hybridized carbons (Fsp3) is 1.00. The zero-order valence-corrected chi connectivity index (χ0v) is 34.3. The number of rotatable bonds is 38. The first-order chi connectivity index (χ1) is 22.5. The third-order valence-corrected chi connectivity index (χ3v) is 10.3. The Hall–Kier alpha value is -0.160. The van der Waals surface area contributed by atoms with Gasteiger partial charge >= 0.3 is 0 Å². The van der Waals surface area contributed by atoms with Gasteiger partial charge in [0, 0.05) is 19.8 Å². The van der Waals surface area contributed by atoms with Gasteiger partial charge in [-0.15, -0.1) is 0 Å². The van der Waals surface area contributed by atoms with Crippen LogP contribution in [0.15, 0.2) is 0 Å². The summed E-state index contributed by atoms with van der Waals surface area (Å²) >= 11 is 0. The van der Waals surface area contributed by atoms with Crippen molar-refractivity contribution in [2.45, 2.75) is 194 Å².